The summed E-state index contributed by atoms with van der Waals surface area (Å²) in [6.45, 7) is 20.1. The zero-order valence-electron chi connectivity index (χ0n) is 38.9. The van der Waals surface area contributed by atoms with Gasteiger partial charge in [-0.25, -0.2) is 9.59 Å². The molecule has 0 amide bonds. The first kappa shape index (κ1) is 50.1. The first-order valence-corrected chi connectivity index (χ1v) is 23.2. The van der Waals surface area contributed by atoms with Gasteiger partial charge in [0, 0.05) is 11.1 Å². The fourth-order valence-electron chi connectivity index (χ4n) is 6.86. The molecule has 2 unspecified atom stereocenters. The highest BCUT2D eigenvalue weighted by molar-refractivity contribution is 5.87. The van der Waals surface area contributed by atoms with E-state index in [0.717, 1.165) is 99.7 Å². The second kappa shape index (κ2) is 27.5. The van der Waals surface area contributed by atoms with Gasteiger partial charge in [0.15, 0.2) is 12.2 Å². The summed E-state index contributed by atoms with van der Waals surface area (Å²) in [7, 11) is 0. The molecule has 0 aromatic heterocycles. The predicted molar refractivity (Wildman–Crippen MR) is 254 cm³/mol. The number of carbonyl (C=O) groups excluding carboxylic acids is 2. The normalized spacial score (nSPS) is 11.9. The summed E-state index contributed by atoms with van der Waals surface area (Å²) in [6.07, 6.45) is 12.4. The van der Waals surface area contributed by atoms with E-state index in [1.807, 2.05) is 48.5 Å². The van der Waals surface area contributed by atoms with Crippen molar-refractivity contribution in [3.05, 3.63) is 143 Å². The largest absolute Gasteiger partial charge is 0.490 e. The average Bonchev–Trinajstić information content (AvgIpc) is 3.28. The van der Waals surface area contributed by atoms with Gasteiger partial charge in [-0.1, -0.05) is 103 Å². The van der Waals surface area contributed by atoms with E-state index in [9.17, 15) is 9.59 Å². The van der Waals surface area contributed by atoms with Gasteiger partial charge < -0.3 is 28.4 Å². The van der Waals surface area contributed by atoms with Gasteiger partial charge in [0.2, 0.25) is 0 Å². The Morgan fingerprint density at radius 2 is 0.714 bits per heavy atom. The van der Waals surface area contributed by atoms with Crippen LogP contribution in [0.3, 0.4) is 0 Å². The highest BCUT2D eigenvalue weighted by Gasteiger charge is 2.20. The Morgan fingerprint density at radius 3 is 0.984 bits per heavy atom. The van der Waals surface area contributed by atoms with Crippen LogP contribution in [0.5, 0.6) is 23.0 Å². The molecule has 0 aliphatic heterocycles. The molecule has 8 heteroatoms. The number of ether oxygens (including phenoxy) is 6. The lowest BCUT2D eigenvalue weighted by atomic mass is 10.0. The maximum atomic E-state index is 12.6. The third kappa shape index (κ3) is 18.8. The Kier molecular flexibility index (Phi) is 21.9. The van der Waals surface area contributed by atoms with Crippen LogP contribution in [0, 0.1) is 0 Å². The molecule has 2 atom stereocenters. The molecule has 0 bridgehead atoms. The Balaban J connectivity index is 1.33. The van der Waals surface area contributed by atoms with E-state index in [1.165, 1.54) is 22.3 Å². The Morgan fingerprint density at radius 1 is 0.429 bits per heavy atom. The third-order valence-corrected chi connectivity index (χ3v) is 10.6. The minimum absolute atomic E-state index is 0.129. The molecule has 0 radical (unpaired) electrons. The maximum absolute atomic E-state index is 12.6. The summed E-state index contributed by atoms with van der Waals surface area (Å²) in [5.74, 6) is 1.93. The van der Waals surface area contributed by atoms with E-state index in [0.29, 0.717) is 29.1 Å². The van der Waals surface area contributed by atoms with Gasteiger partial charge >= 0.3 is 11.9 Å². The van der Waals surface area contributed by atoms with Crippen LogP contribution < -0.4 is 18.9 Å². The highest BCUT2D eigenvalue weighted by Crippen LogP contribution is 2.24. The fraction of sp³-hybridized carbons (Fsp3) is 0.455. The minimum atomic E-state index is -0.634. The van der Waals surface area contributed by atoms with E-state index >= 15 is 0 Å². The number of aryl methyl sites for hydroxylation is 4. The predicted octanol–water partition coefficient (Wildman–Crippen LogP) is 12.5. The van der Waals surface area contributed by atoms with Crippen molar-refractivity contribution >= 4 is 11.9 Å². The molecule has 0 aliphatic rings. The monoisotopic (exact) mass is 861 g/mol. The first-order valence-electron chi connectivity index (χ1n) is 23.2. The number of hydrogen-bond acceptors (Lipinski definition) is 8. The lowest BCUT2D eigenvalue weighted by Gasteiger charge is -2.20. The smallest absolute Gasteiger partial charge is 0.333 e. The van der Waals surface area contributed by atoms with Gasteiger partial charge in [0.05, 0.1) is 0 Å². The molecule has 0 spiro atoms. The van der Waals surface area contributed by atoms with Gasteiger partial charge in [-0.2, -0.15) is 0 Å². The average molecular weight is 861 g/mol. The Hall–Kier alpha value is -5.50. The molecule has 0 saturated carbocycles. The fourth-order valence-corrected chi connectivity index (χ4v) is 6.86. The molecule has 8 nitrogen and oxygen atoms in total. The lowest BCUT2D eigenvalue weighted by molar-refractivity contribution is -0.148. The molecule has 0 aliphatic carbocycles. The second-order valence-corrected chi connectivity index (χ2v) is 16.7. The number of hydrogen-bond donors (Lipinski definition) is 0. The molecule has 0 saturated heterocycles. The van der Waals surface area contributed by atoms with Gasteiger partial charge in [0.1, 0.15) is 49.4 Å². The number of unbranched alkanes of at least 4 members (excludes halogenated alkanes) is 4. The van der Waals surface area contributed by atoms with Crippen LogP contribution in [-0.2, 0) is 51.2 Å². The summed E-state index contributed by atoms with van der Waals surface area (Å²) < 4.78 is 36.2. The van der Waals surface area contributed by atoms with E-state index in [1.54, 1.807) is 13.8 Å². The van der Waals surface area contributed by atoms with E-state index in [4.69, 9.17) is 28.4 Å². The van der Waals surface area contributed by atoms with Gasteiger partial charge in [-0.05, 0) is 154 Å². The first-order chi connectivity index (χ1) is 30.5. The SMILES string of the molecule is C=C(C)C(=O)OC(COc1ccc(Cc2ccc(OCC(COc3cc(CCCC)cc(CCCC)c3)OC(=O)C(=C)C)cc2)cc1)COc1cc(CCCC)cc(CCCC)c1. The second-order valence-electron chi connectivity index (χ2n) is 16.7. The van der Waals surface area contributed by atoms with Crippen LogP contribution in [0.15, 0.2) is 109 Å². The molecule has 4 rings (SSSR count). The summed E-state index contributed by atoms with van der Waals surface area (Å²) in [6, 6.07) is 28.7. The van der Waals surface area contributed by atoms with Crippen LogP contribution in [0.25, 0.3) is 0 Å². The number of esters is 2. The van der Waals surface area contributed by atoms with Crippen LogP contribution in [0.4, 0.5) is 0 Å². The van der Waals surface area contributed by atoms with Crippen molar-refractivity contribution in [2.45, 2.75) is 137 Å². The van der Waals surface area contributed by atoms with E-state index in [2.05, 4.69) is 77.3 Å². The molecule has 0 N–H and O–H groups in total. The molecule has 0 fully saturated rings. The van der Waals surface area contributed by atoms with Crippen LogP contribution in [-0.4, -0.2) is 50.6 Å². The van der Waals surface area contributed by atoms with Crippen molar-refractivity contribution in [3.63, 3.8) is 0 Å². The summed E-state index contributed by atoms with van der Waals surface area (Å²) >= 11 is 0. The third-order valence-electron chi connectivity index (χ3n) is 10.6. The number of carbonyl (C=O) groups is 2. The molecule has 4 aromatic carbocycles. The van der Waals surface area contributed by atoms with Gasteiger partial charge in [-0.3, -0.25) is 0 Å². The van der Waals surface area contributed by atoms with Crippen LogP contribution in [0.2, 0.25) is 0 Å². The van der Waals surface area contributed by atoms with Crippen molar-refractivity contribution in [2.75, 3.05) is 26.4 Å². The van der Waals surface area contributed by atoms with Crippen molar-refractivity contribution in [3.8, 4) is 23.0 Å². The van der Waals surface area contributed by atoms with Crippen LogP contribution >= 0.6 is 0 Å². The molecule has 63 heavy (non-hydrogen) atoms. The van der Waals surface area contributed by atoms with Crippen molar-refractivity contribution in [1.82, 2.24) is 0 Å². The summed E-state index contributed by atoms with van der Waals surface area (Å²) in [4.78, 5) is 25.1. The highest BCUT2D eigenvalue weighted by atomic mass is 16.6. The standard InChI is InChI=1S/C55H72O8/c1-9-13-17-44-30-45(18-14-10-2)33-50(32-44)60-38-52(62-54(56)40(5)6)36-58-48-25-21-42(22-26-48)29-43-23-27-49(28-24-43)59-37-53(63-55(57)41(7)8)39-61-51-34-46(19-15-11-3)31-47(35-51)20-16-12-4/h21-28,30-35,52-53H,5,7,9-20,29,36-39H2,1-4,6,8H3. The van der Waals surface area contributed by atoms with E-state index in [-0.39, 0.29) is 26.4 Å². The van der Waals surface area contributed by atoms with Crippen molar-refractivity contribution in [2.24, 2.45) is 0 Å². The van der Waals surface area contributed by atoms with Crippen LogP contribution in [0.1, 0.15) is 126 Å². The molecular formula is C55H72O8. The van der Waals surface area contributed by atoms with Gasteiger partial charge in [-0.15, -0.1) is 0 Å². The quantitative estimate of drug-likeness (QED) is 0.0378. The lowest BCUT2D eigenvalue weighted by Crippen LogP contribution is -2.31. The summed E-state index contributed by atoms with van der Waals surface area (Å²) in [5, 5.41) is 0. The summed E-state index contributed by atoms with van der Waals surface area (Å²) in [5.41, 5.74) is 7.91. The Labute approximate surface area is 378 Å². The molecule has 4 aromatic rings. The number of benzene rings is 4. The van der Waals surface area contributed by atoms with E-state index < -0.39 is 24.1 Å². The zero-order valence-corrected chi connectivity index (χ0v) is 38.9. The zero-order chi connectivity index (χ0) is 45.4. The molecule has 0 heterocycles. The molecule has 340 valence electrons. The van der Waals surface area contributed by atoms with Gasteiger partial charge in [0.25, 0.3) is 0 Å². The number of rotatable bonds is 30. The molecular weight excluding hydrogens is 789 g/mol. The Bertz CT molecular complexity index is 1820. The van der Waals surface area contributed by atoms with Crippen molar-refractivity contribution in [1.29, 1.82) is 0 Å². The topological polar surface area (TPSA) is 89.5 Å². The van der Waals surface area contributed by atoms with Crippen molar-refractivity contribution < 1.29 is 38.0 Å². The minimum Gasteiger partial charge on any atom is -0.490 e. The maximum Gasteiger partial charge on any atom is 0.333 e.